The zero-order valence-electron chi connectivity index (χ0n) is 16.3. The predicted octanol–water partition coefficient (Wildman–Crippen LogP) is 5.16. The monoisotopic (exact) mass is 444 g/mol. The molecule has 0 spiro atoms. The number of hydrogen-bond acceptors (Lipinski definition) is 4. The van der Waals surface area contributed by atoms with Crippen molar-refractivity contribution in [1.29, 1.82) is 5.26 Å². The van der Waals surface area contributed by atoms with Crippen molar-refractivity contribution in [3.05, 3.63) is 59.2 Å². The van der Waals surface area contributed by atoms with Gasteiger partial charge in [0.05, 0.1) is 23.7 Å². The van der Waals surface area contributed by atoms with Crippen LogP contribution in [0.5, 0.6) is 5.75 Å². The van der Waals surface area contributed by atoms with Crippen molar-refractivity contribution in [3.8, 4) is 11.8 Å². The van der Waals surface area contributed by atoms with Crippen LogP contribution in [-0.2, 0) is 17.4 Å². The summed E-state index contributed by atoms with van der Waals surface area (Å²) in [5.41, 5.74) is -1.56. The maximum absolute atomic E-state index is 13.2. The molecule has 0 aliphatic rings. The molecule has 2 aromatic rings. The highest BCUT2D eigenvalue weighted by molar-refractivity contribution is 5.78. The second kappa shape index (κ2) is 9.73. The molecule has 4 nitrogen and oxygen atoms in total. The first-order chi connectivity index (χ1) is 14.4. The number of alkyl halides is 6. The molecular formula is C21H18F6N2O2. The molecule has 0 radical (unpaired) electrons. The Kier molecular flexibility index (Phi) is 7.55. The SMILES string of the molecule is CC(=O)Cc1ccc(OCCN(CC(F)(F)F)c2ccc(C#N)c(C(F)(F)F)c2)cc1. The zero-order valence-corrected chi connectivity index (χ0v) is 16.3. The van der Waals surface area contributed by atoms with Crippen molar-refractivity contribution < 1.29 is 35.9 Å². The van der Waals surface area contributed by atoms with Crippen LogP contribution in [-0.4, -0.2) is 31.7 Å². The van der Waals surface area contributed by atoms with Gasteiger partial charge in [-0.15, -0.1) is 0 Å². The minimum Gasteiger partial charge on any atom is -0.492 e. The van der Waals surface area contributed by atoms with Gasteiger partial charge in [0.2, 0.25) is 0 Å². The van der Waals surface area contributed by atoms with Gasteiger partial charge >= 0.3 is 12.4 Å². The van der Waals surface area contributed by atoms with E-state index in [2.05, 4.69) is 0 Å². The van der Waals surface area contributed by atoms with Gasteiger partial charge in [-0.3, -0.25) is 4.79 Å². The molecule has 0 saturated heterocycles. The molecule has 0 aliphatic carbocycles. The van der Waals surface area contributed by atoms with E-state index in [1.165, 1.54) is 13.0 Å². The third-order valence-electron chi connectivity index (χ3n) is 4.17. The number of carbonyl (C=O) groups is 1. The van der Waals surface area contributed by atoms with Gasteiger partial charge in [0.15, 0.2) is 0 Å². The maximum Gasteiger partial charge on any atom is 0.417 e. The third kappa shape index (κ3) is 7.51. The average molecular weight is 444 g/mol. The molecule has 0 saturated carbocycles. The number of nitrogens with zero attached hydrogens (tertiary/aromatic N) is 2. The van der Waals surface area contributed by atoms with Crippen LogP contribution in [0, 0.1) is 11.3 Å². The number of Topliss-reactive ketones (excluding diaryl/α,β-unsaturated/α-hetero) is 1. The van der Waals surface area contributed by atoms with E-state index in [9.17, 15) is 31.1 Å². The van der Waals surface area contributed by atoms with Crippen molar-refractivity contribution in [1.82, 2.24) is 0 Å². The van der Waals surface area contributed by atoms with Crippen LogP contribution in [0.4, 0.5) is 32.0 Å². The molecule has 0 bridgehead atoms. The molecule has 2 aromatic carbocycles. The zero-order chi connectivity index (χ0) is 23.2. The van der Waals surface area contributed by atoms with Crippen LogP contribution >= 0.6 is 0 Å². The average Bonchev–Trinajstić information content (AvgIpc) is 2.66. The lowest BCUT2D eigenvalue weighted by atomic mass is 10.1. The molecular weight excluding hydrogens is 426 g/mol. The summed E-state index contributed by atoms with van der Waals surface area (Å²) in [6.45, 7) is -0.633. The summed E-state index contributed by atoms with van der Waals surface area (Å²) in [5, 5.41) is 8.85. The molecule has 0 heterocycles. The molecule has 166 valence electrons. The number of ether oxygens (including phenoxy) is 1. The van der Waals surface area contributed by atoms with E-state index in [0.29, 0.717) is 16.7 Å². The van der Waals surface area contributed by atoms with Gasteiger partial charge in [-0.25, -0.2) is 0 Å². The Morgan fingerprint density at radius 3 is 2.23 bits per heavy atom. The summed E-state index contributed by atoms with van der Waals surface area (Å²) in [6, 6.07) is 10.2. The largest absolute Gasteiger partial charge is 0.492 e. The van der Waals surface area contributed by atoms with E-state index in [4.69, 9.17) is 10.00 Å². The number of nitriles is 1. The van der Waals surface area contributed by atoms with Gasteiger partial charge < -0.3 is 9.64 Å². The Balaban J connectivity index is 2.16. The first-order valence-corrected chi connectivity index (χ1v) is 9.03. The standard InChI is InChI=1S/C21H18F6N2O2/c1-14(30)10-15-2-6-18(7-3-15)31-9-8-29(13-20(22,23)24)17-5-4-16(12-28)19(11-17)21(25,26)27/h2-7,11H,8-10,13H2,1H3. The highest BCUT2D eigenvalue weighted by Gasteiger charge is 2.36. The molecule has 0 atom stereocenters. The van der Waals surface area contributed by atoms with Crippen LogP contribution in [0.2, 0.25) is 0 Å². The van der Waals surface area contributed by atoms with E-state index < -0.39 is 30.0 Å². The summed E-state index contributed by atoms with van der Waals surface area (Å²) in [5.74, 6) is 0.312. The topological polar surface area (TPSA) is 53.3 Å². The maximum atomic E-state index is 13.2. The third-order valence-corrected chi connectivity index (χ3v) is 4.17. The molecule has 0 N–H and O–H groups in total. The molecule has 0 amide bonds. The fraction of sp³-hybridized carbons (Fsp3) is 0.333. The quantitative estimate of drug-likeness (QED) is 0.528. The van der Waals surface area contributed by atoms with Crippen molar-refractivity contribution in [2.75, 3.05) is 24.6 Å². The smallest absolute Gasteiger partial charge is 0.417 e. The fourth-order valence-electron chi connectivity index (χ4n) is 2.84. The molecule has 10 heteroatoms. The van der Waals surface area contributed by atoms with E-state index >= 15 is 0 Å². The van der Waals surface area contributed by atoms with Crippen LogP contribution in [0.25, 0.3) is 0 Å². The highest BCUT2D eigenvalue weighted by Crippen LogP contribution is 2.35. The number of ketones is 1. The Morgan fingerprint density at radius 2 is 1.71 bits per heavy atom. The van der Waals surface area contributed by atoms with E-state index in [0.717, 1.165) is 17.7 Å². The van der Waals surface area contributed by atoms with E-state index in [1.807, 2.05) is 0 Å². The van der Waals surface area contributed by atoms with Crippen LogP contribution in [0.1, 0.15) is 23.6 Å². The summed E-state index contributed by atoms with van der Waals surface area (Å²) < 4.78 is 83.9. The Labute approximate surface area is 174 Å². The fourth-order valence-corrected chi connectivity index (χ4v) is 2.84. The van der Waals surface area contributed by atoms with Gasteiger partial charge in [0.25, 0.3) is 0 Å². The van der Waals surface area contributed by atoms with E-state index in [-0.39, 0.29) is 31.0 Å². The molecule has 0 aromatic heterocycles. The Morgan fingerprint density at radius 1 is 1.06 bits per heavy atom. The number of halogens is 6. The van der Waals surface area contributed by atoms with Crippen molar-refractivity contribution in [2.24, 2.45) is 0 Å². The second-order valence-electron chi connectivity index (χ2n) is 6.75. The summed E-state index contributed by atoms with van der Waals surface area (Å²) in [4.78, 5) is 11.8. The number of hydrogen-bond donors (Lipinski definition) is 0. The lowest BCUT2D eigenvalue weighted by molar-refractivity contribution is -0.137. The van der Waals surface area contributed by atoms with Gasteiger partial charge in [0.1, 0.15) is 24.7 Å². The van der Waals surface area contributed by atoms with Gasteiger partial charge in [-0.2, -0.15) is 31.6 Å². The Bertz CT molecular complexity index is 946. The van der Waals surface area contributed by atoms with Crippen LogP contribution in [0.3, 0.4) is 0 Å². The van der Waals surface area contributed by atoms with Crippen LogP contribution < -0.4 is 9.64 Å². The van der Waals surface area contributed by atoms with Gasteiger partial charge in [-0.1, -0.05) is 12.1 Å². The molecule has 2 rings (SSSR count). The second-order valence-corrected chi connectivity index (χ2v) is 6.75. The first-order valence-electron chi connectivity index (χ1n) is 9.03. The molecule has 31 heavy (non-hydrogen) atoms. The molecule has 0 fully saturated rings. The summed E-state index contributed by atoms with van der Waals surface area (Å²) >= 11 is 0. The summed E-state index contributed by atoms with van der Waals surface area (Å²) in [6.07, 6.45) is -9.32. The minimum atomic E-state index is -4.89. The normalized spacial score (nSPS) is 11.7. The minimum absolute atomic E-state index is 0.0305. The van der Waals surface area contributed by atoms with Crippen LogP contribution in [0.15, 0.2) is 42.5 Å². The number of benzene rings is 2. The van der Waals surface area contributed by atoms with Gasteiger partial charge in [0, 0.05) is 12.1 Å². The van der Waals surface area contributed by atoms with E-state index in [1.54, 1.807) is 24.3 Å². The predicted molar refractivity (Wildman–Crippen MR) is 101 cm³/mol. The van der Waals surface area contributed by atoms with Gasteiger partial charge in [-0.05, 0) is 42.8 Å². The Hall–Kier alpha value is -3.22. The number of anilines is 1. The number of carbonyl (C=O) groups excluding carboxylic acids is 1. The molecule has 0 aliphatic heterocycles. The lowest BCUT2D eigenvalue weighted by Gasteiger charge is -2.27. The highest BCUT2D eigenvalue weighted by atomic mass is 19.4. The number of rotatable bonds is 8. The first kappa shape index (κ1) is 24.1. The molecule has 0 unspecified atom stereocenters. The van der Waals surface area contributed by atoms with Crippen molar-refractivity contribution >= 4 is 11.5 Å². The summed E-state index contributed by atoms with van der Waals surface area (Å²) in [7, 11) is 0. The lowest BCUT2D eigenvalue weighted by Crippen LogP contribution is -2.37. The van der Waals surface area contributed by atoms with Crippen molar-refractivity contribution in [2.45, 2.75) is 25.7 Å². The van der Waals surface area contributed by atoms with Crippen molar-refractivity contribution in [3.63, 3.8) is 0 Å².